The predicted molar refractivity (Wildman–Crippen MR) is 160 cm³/mol. The Morgan fingerprint density at radius 2 is 1.60 bits per heavy atom. The predicted octanol–water partition coefficient (Wildman–Crippen LogP) is 6.82. The summed E-state index contributed by atoms with van der Waals surface area (Å²) in [5, 5.41) is 14.0. The third-order valence-corrected chi connectivity index (χ3v) is 13.2. The number of hydrogen-bond donors (Lipinski definition) is 2. The number of carbonyl (C=O) groups is 2. The van der Waals surface area contributed by atoms with Gasteiger partial charge in [0.2, 0.25) is 11.7 Å². The number of ketones is 1. The monoisotopic (exact) mass is 546 g/mol. The molecule has 2 N–H and O–H groups in total. The molecular weight excluding hydrogens is 496 g/mol. The quantitative estimate of drug-likeness (QED) is 0.379. The van der Waals surface area contributed by atoms with E-state index in [0.29, 0.717) is 29.5 Å². The van der Waals surface area contributed by atoms with Crippen LogP contribution in [0.15, 0.2) is 46.3 Å². The molecule has 0 aromatic rings. The van der Waals surface area contributed by atoms with Crippen molar-refractivity contribution in [3.8, 4) is 0 Å². The number of aliphatic hydroxyl groups excluding tert-OH is 1. The van der Waals surface area contributed by atoms with Crippen LogP contribution < -0.4 is 5.32 Å². The number of rotatable bonds is 1. The van der Waals surface area contributed by atoms with Crippen LogP contribution >= 0.6 is 0 Å². The first-order valence-corrected chi connectivity index (χ1v) is 15.7. The molecule has 1 saturated heterocycles. The smallest absolute Gasteiger partial charge is 0.228 e. The number of carbonyl (C=O) groups excluding carboxylic acids is 2. The summed E-state index contributed by atoms with van der Waals surface area (Å²) in [4.78, 5) is 29.2. The van der Waals surface area contributed by atoms with Crippen molar-refractivity contribution in [1.82, 2.24) is 10.2 Å². The van der Waals surface area contributed by atoms with Crippen molar-refractivity contribution >= 4 is 11.7 Å². The molecular formula is C35H50N2O3. The highest BCUT2D eigenvalue weighted by molar-refractivity contribution is 6.06. The van der Waals surface area contributed by atoms with Crippen molar-refractivity contribution in [3.05, 3.63) is 46.3 Å². The first-order valence-electron chi connectivity index (χ1n) is 15.7. The maximum absolute atomic E-state index is 14.2. The molecule has 0 aromatic heterocycles. The zero-order chi connectivity index (χ0) is 29.0. The molecule has 5 heteroatoms. The fourth-order valence-corrected chi connectivity index (χ4v) is 10.5. The average Bonchev–Trinajstić information content (AvgIpc) is 2.89. The van der Waals surface area contributed by atoms with E-state index < -0.39 is 0 Å². The van der Waals surface area contributed by atoms with E-state index in [4.69, 9.17) is 0 Å². The second kappa shape index (κ2) is 8.69. The van der Waals surface area contributed by atoms with Crippen molar-refractivity contribution in [1.29, 1.82) is 0 Å². The van der Waals surface area contributed by atoms with Crippen LogP contribution in [-0.4, -0.2) is 46.9 Å². The Kier molecular flexibility index (Phi) is 6.08. The van der Waals surface area contributed by atoms with Gasteiger partial charge in [-0.3, -0.25) is 9.59 Å². The second-order valence-corrected chi connectivity index (χ2v) is 15.8. The van der Waals surface area contributed by atoms with Gasteiger partial charge in [-0.1, -0.05) is 52.3 Å². The number of piperazine rings is 1. The van der Waals surface area contributed by atoms with E-state index in [-0.39, 0.29) is 38.6 Å². The zero-order valence-electron chi connectivity index (χ0n) is 26.0. The lowest BCUT2D eigenvalue weighted by Crippen LogP contribution is -2.64. The van der Waals surface area contributed by atoms with E-state index in [9.17, 15) is 14.7 Å². The lowest BCUT2D eigenvalue weighted by Gasteiger charge is -2.70. The topological polar surface area (TPSA) is 69.6 Å². The molecule has 0 aromatic carbocycles. The van der Waals surface area contributed by atoms with Gasteiger partial charge >= 0.3 is 0 Å². The van der Waals surface area contributed by atoms with E-state index in [1.807, 2.05) is 6.92 Å². The molecule has 1 amide bonds. The number of aliphatic hydroxyl groups is 1. The standard InChI is InChI=1S/C35H50N2O3/c1-21-19-37(20-22(2)36-21)30(40)32(5)12-11-31(4)13-15-34(7)27-10-9-24-23(3)29(39)26(38)17-25(24)33(27,6)14-16-35(34,8)28(31)18-32/h9-10,17,21-22,28,36,39H,11-16,18-20H2,1-8H3/t21?,22?,28?,31?,32-,33?,34?,35+/m1/s1. The number of fused-ring (bicyclic) bond motifs is 7. The Labute approximate surface area is 241 Å². The molecule has 5 aliphatic carbocycles. The Morgan fingerprint density at radius 3 is 2.27 bits per heavy atom. The highest BCUT2D eigenvalue weighted by Crippen LogP contribution is 2.75. The fourth-order valence-electron chi connectivity index (χ4n) is 10.5. The minimum absolute atomic E-state index is 0.0213. The van der Waals surface area contributed by atoms with Crippen LogP contribution in [-0.2, 0) is 9.59 Å². The van der Waals surface area contributed by atoms with Crippen LogP contribution in [0.2, 0.25) is 0 Å². The van der Waals surface area contributed by atoms with Gasteiger partial charge in [-0.25, -0.2) is 0 Å². The summed E-state index contributed by atoms with van der Waals surface area (Å²) in [6.07, 6.45) is 13.7. The summed E-state index contributed by atoms with van der Waals surface area (Å²) < 4.78 is 0. The van der Waals surface area contributed by atoms with Crippen LogP contribution in [0, 0.1) is 33.0 Å². The van der Waals surface area contributed by atoms with Gasteiger partial charge in [-0.05, 0) is 105 Å². The second-order valence-electron chi connectivity index (χ2n) is 15.8. The molecule has 0 radical (unpaired) electrons. The SMILES string of the molecule is CC1=C(O)C(=O)C=C2C1=CC=C1C2(C)CC[C@@]2(C)C3C[C@](C)(C(=O)N4CC(C)NC(C)C4)CCC3(C)CCC12C. The zero-order valence-corrected chi connectivity index (χ0v) is 26.0. The van der Waals surface area contributed by atoms with Gasteiger partial charge in [0.15, 0.2) is 5.76 Å². The minimum Gasteiger partial charge on any atom is -0.504 e. The van der Waals surface area contributed by atoms with E-state index in [0.717, 1.165) is 62.8 Å². The molecule has 1 aliphatic heterocycles. The summed E-state index contributed by atoms with van der Waals surface area (Å²) in [6, 6.07) is 0.656. The summed E-state index contributed by atoms with van der Waals surface area (Å²) in [5.41, 5.74) is 4.01. The van der Waals surface area contributed by atoms with Gasteiger partial charge in [-0.2, -0.15) is 0 Å². The number of hydrogen-bond acceptors (Lipinski definition) is 4. The molecule has 1 heterocycles. The van der Waals surface area contributed by atoms with Crippen molar-refractivity contribution in [2.45, 2.75) is 112 Å². The van der Waals surface area contributed by atoms with Crippen LogP contribution in [0.3, 0.4) is 0 Å². The average molecular weight is 547 g/mol. The van der Waals surface area contributed by atoms with Crippen LogP contribution in [0.25, 0.3) is 0 Å². The number of allylic oxidation sites excluding steroid dienone is 7. The largest absolute Gasteiger partial charge is 0.504 e. The number of amides is 1. The molecule has 4 fully saturated rings. The fraction of sp³-hybridized carbons (Fsp3) is 0.714. The number of nitrogens with one attached hydrogen (secondary N) is 1. The van der Waals surface area contributed by atoms with Crippen molar-refractivity contribution in [3.63, 3.8) is 0 Å². The Morgan fingerprint density at radius 1 is 0.950 bits per heavy atom. The van der Waals surface area contributed by atoms with Gasteiger partial charge in [0.1, 0.15) is 0 Å². The van der Waals surface area contributed by atoms with Crippen molar-refractivity contribution in [2.75, 3.05) is 13.1 Å². The number of nitrogens with zero attached hydrogens (tertiary/aromatic N) is 1. The summed E-state index contributed by atoms with van der Waals surface area (Å²) in [7, 11) is 0. The van der Waals surface area contributed by atoms with Gasteiger partial charge in [0.25, 0.3) is 0 Å². The molecule has 0 spiro atoms. The maximum Gasteiger partial charge on any atom is 0.228 e. The molecule has 8 atom stereocenters. The lowest BCUT2D eigenvalue weighted by molar-refractivity contribution is -0.175. The van der Waals surface area contributed by atoms with E-state index in [2.05, 4.69) is 70.8 Å². The molecule has 6 aliphatic rings. The van der Waals surface area contributed by atoms with Gasteiger partial charge in [0, 0.05) is 41.6 Å². The summed E-state index contributed by atoms with van der Waals surface area (Å²) in [6.45, 7) is 20.0. The molecule has 3 saturated carbocycles. The van der Waals surface area contributed by atoms with Crippen LogP contribution in [0.5, 0.6) is 0 Å². The molecule has 6 rings (SSSR count). The van der Waals surface area contributed by atoms with Gasteiger partial charge in [0.05, 0.1) is 0 Å². The molecule has 5 nitrogen and oxygen atoms in total. The molecule has 40 heavy (non-hydrogen) atoms. The Balaban J connectivity index is 1.38. The summed E-state index contributed by atoms with van der Waals surface area (Å²) >= 11 is 0. The van der Waals surface area contributed by atoms with Crippen LogP contribution in [0.4, 0.5) is 0 Å². The normalized spacial score (nSPS) is 46.8. The Hall–Kier alpha value is -2.14. The van der Waals surface area contributed by atoms with E-state index in [1.54, 1.807) is 6.08 Å². The first kappa shape index (κ1) is 28.0. The summed E-state index contributed by atoms with van der Waals surface area (Å²) in [5.74, 6) is 0.446. The highest BCUT2D eigenvalue weighted by Gasteiger charge is 2.67. The maximum atomic E-state index is 14.2. The van der Waals surface area contributed by atoms with Gasteiger partial charge < -0.3 is 15.3 Å². The van der Waals surface area contributed by atoms with Crippen molar-refractivity contribution in [2.24, 2.45) is 33.0 Å². The van der Waals surface area contributed by atoms with E-state index in [1.165, 1.54) is 12.0 Å². The molecule has 6 unspecified atom stereocenters. The lowest BCUT2D eigenvalue weighted by atomic mass is 9.34. The molecule has 218 valence electrons. The van der Waals surface area contributed by atoms with E-state index >= 15 is 0 Å². The molecule has 0 bridgehead atoms. The Bertz CT molecular complexity index is 1300. The van der Waals surface area contributed by atoms with Crippen molar-refractivity contribution < 1.29 is 14.7 Å². The highest BCUT2D eigenvalue weighted by atomic mass is 16.3. The first-order chi connectivity index (χ1) is 18.6. The van der Waals surface area contributed by atoms with Gasteiger partial charge in [-0.15, -0.1) is 0 Å². The van der Waals surface area contributed by atoms with Crippen LogP contribution in [0.1, 0.15) is 100 Å². The minimum atomic E-state index is -0.325. The third kappa shape index (κ3) is 3.61. The third-order valence-electron chi connectivity index (χ3n) is 13.2.